The third-order valence-electron chi connectivity index (χ3n) is 4.07. The molecule has 2 aromatic rings. The molecule has 2 unspecified atom stereocenters. The SMILES string of the molecule is CC1CNCCC1NC(=O)c1ccc(-c2ccccc2F)o1. The van der Waals surface area contributed by atoms with E-state index in [1.54, 1.807) is 30.3 Å². The first-order chi connectivity index (χ1) is 10.6. The standard InChI is InChI=1S/C17H19FN2O2/c1-11-10-19-9-8-14(11)20-17(21)16-7-6-15(22-16)12-4-2-3-5-13(12)18/h2-7,11,14,19H,8-10H2,1H3,(H,20,21). The van der Waals surface area contributed by atoms with Gasteiger partial charge in [-0.05, 0) is 49.7 Å². The molecule has 1 aromatic carbocycles. The second kappa shape index (κ2) is 6.32. The minimum atomic E-state index is -0.365. The number of carbonyl (C=O) groups is 1. The van der Waals surface area contributed by atoms with Gasteiger partial charge in [0, 0.05) is 6.04 Å². The number of halogens is 1. The molecule has 116 valence electrons. The van der Waals surface area contributed by atoms with Crippen LogP contribution in [0.25, 0.3) is 11.3 Å². The fourth-order valence-electron chi connectivity index (χ4n) is 2.73. The van der Waals surface area contributed by atoms with Crippen molar-refractivity contribution in [1.82, 2.24) is 10.6 Å². The summed E-state index contributed by atoms with van der Waals surface area (Å²) < 4.78 is 19.3. The molecule has 0 radical (unpaired) electrons. The highest BCUT2D eigenvalue weighted by atomic mass is 19.1. The van der Waals surface area contributed by atoms with Crippen molar-refractivity contribution in [2.45, 2.75) is 19.4 Å². The minimum Gasteiger partial charge on any atom is -0.451 e. The van der Waals surface area contributed by atoms with Crippen LogP contribution in [0.1, 0.15) is 23.9 Å². The van der Waals surface area contributed by atoms with E-state index in [1.165, 1.54) is 6.07 Å². The summed E-state index contributed by atoms with van der Waals surface area (Å²) in [5, 5.41) is 6.29. The first-order valence-corrected chi connectivity index (χ1v) is 7.51. The van der Waals surface area contributed by atoms with Crippen LogP contribution in [-0.4, -0.2) is 25.0 Å². The molecule has 22 heavy (non-hydrogen) atoms. The van der Waals surface area contributed by atoms with Crippen molar-refractivity contribution >= 4 is 5.91 Å². The number of hydrogen-bond donors (Lipinski definition) is 2. The van der Waals surface area contributed by atoms with Gasteiger partial charge in [-0.25, -0.2) is 4.39 Å². The summed E-state index contributed by atoms with van der Waals surface area (Å²) in [5.74, 6) is 0.335. The molecule has 1 aliphatic heterocycles. The van der Waals surface area contributed by atoms with Gasteiger partial charge in [-0.15, -0.1) is 0 Å². The van der Waals surface area contributed by atoms with Crippen molar-refractivity contribution in [3.05, 3.63) is 48.0 Å². The Bertz CT molecular complexity index is 668. The van der Waals surface area contributed by atoms with E-state index < -0.39 is 0 Å². The smallest absolute Gasteiger partial charge is 0.287 e. The van der Waals surface area contributed by atoms with Crippen LogP contribution in [0.4, 0.5) is 4.39 Å². The highest BCUT2D eigenvalue weighted by Crippen LogP contribution is 2.25. The summed E-state index contributed by atoms with van der Waals surface area (Å²) in [7, 11) is 0. The van der Waals surface area contributed by atoms with Gasteiger partial charge >= 0.3 is 0 Å². The number of nitrogens with one attached hydrogen (secondary N) is 2. The molecule has 2 N–H and O–H groups in total. The Hall–Kier alpha value is -2.14. The van der Waals surface area contributed by atoms with Gasteiger partial charge in [-0.3, -0.25) is 4.79 Å². The number of carbonyl (C=O) groups excluding carboxylic acids is 1. The van der Waals surface area contributed by atoms with Crippen LogP contribution in [0.5, 0.6) is 0 Å². The number of hydrogen-bond acceptors (Lipinski definition) is 3. The van der Waals surface area contributed by atoms with Crippen LogP contribution in [0.15, 0.2) is 40.8 Å². The summed E-state index contributed by atoms with van der Waals surface area (Å²) in [6.07, 6.45) is 0.897. The normalized spacial score (nSPS) is 21.5. The molecule has 1 amide bonds. The fraction of sp³-hybridized carbons (Fsp3) is 0.353. The van der Waals surface area contributed by atoms with Crippen LogP contribution in [-0.2, 0) is 0 Å². The average Bonchev–Trinajstić information content (AvgIpc) is 3.00. The summed E-state index contributed by atoms with van der Waals surface area (Å²) in [5.41, 5.74) is 0.358. The molecule has 2 heterocycles. The Morgan fingerprint density at radius 3 is 2.91 bits per heavy atom. The lowest BCUT2D eigenvalue weighted by atomic mass is 9.95. The van der Waals surface area contributed by atoms with E-state index in [1.807, 2.05) is 0 Å². The van der Waals surface area contributed by atoms with E-state index >= 15 is 0 Å². The molecule has 5 heteroatoms. The van der Waals surface area contributed by atoms with Gasteiger partial charge in [-0.2, -0.15) is 0 Å². The second-order valence-corrected chi connectivity index (χ2v) is 5.69. The Morgan fingerprint density at radius 1 is 1.32 bits per heavy atom. The number of piperidine rings is 1. The lowest BCUT2D eigenvalue weighted by molar-refractivity contribution is 0.0886. The molecule has 1 aliphatic rings. The third-order valence-corrected chi connectivity index (χ3v) is 4.07. The van der Waals surface area contributed by atoms with Crippen molar-refractivity contribution < 1.29 is 13.6 Å². The summed E-state index contributed by atoms with van der Waals surface area (Å²) in [6.45, 7) is 3.89. The van der Waals surface area contributed by atoms with E-state index in [-0.39, 0.29) is 23.5 Å². The molecular formula is C17H19FN2O2. The molecule has 4 nitrogen and oxygen atoms in total. The van der Waals surface area contributed by atoms with Crippen LogP contribution in [0.3, 0.4) is 0 Å². The molecule has 0 bridgehead atoms. The van der Waals surface area contributed by atoms with E-state index in [9.17, 15) is 9.18 Å². The summed E-state index contributed by atoms with van der Waals surface area (Å²) >= 11 is 0. The minimum absolute atomic E-state index is 0.135. The molecule has 0 spiro atoms. The summed E-state index contributed by atoms with van der Waals surface area (Å²) in [4.78, 5) is 12.3. The fourth-order valence-corrected chi connectivity index (χ4v) is 2.73. The Morgan fingerprint density at radius 2 is 2.14 bits per heavy atom. The third kappa shape index (κ3) is 3.04. The molecule has 3 rings (SSSR count). The van der Waals surface area contributed by atoms with Gasteiger partial charge < -0.3 is 15.1 Å². The highest BCUT2D eigenvalue weighted by molar-refractivity contribution is 5.92. The predicted molar refractivity (Wildman–Crippen MR) is 82.0 cm³/mol. The first kappa shape index (κ1) is 14.8. The maximum atomic E-state index is 13.7. The lowest BCUT2D eigenvalue weighted by Gasteiger charge is -2.29. The number of rotatable bonds is 3. The average molecular weight is 302 g/mol. The molecule has 0 saturated carbocycles. The maximum absolute atomic E-state index is 13.7. The van der Waals surface area contributed by atoms with Crippen molar-refractivity contribution in [3.8, 4) is 11.3 Å². The zero-order valence-corrected chi connectivity index (χ0v) is 12.4. The Labute approximate surface area is 128 Å². The van der Waals surface area contributed by atoms with Crippen LogP contribution < -0.4 is 10.6 Å². The monoisotopic (exact) mass is 302 g/mol. The molecule has 2 atom stereocenters. The van der Waals surface area contributed by atoms with Crippen LogP contribution in [0, 0.1) is 11.7 Å². The zero-order chi connectivity index (χ0) is 15.5. The number of amides is 1. The van der Waals surface area contributed by atoms with Crippen molar-refractivity contribution in [2.24, 2.45) is 5.92 Å². The zero-order valence-electron chi connectivity index (χ0n) is 12.4. The van der Waals surface area contributed by atoms with Gasteiger partial charge in [0.05, 0.1) is 5.56 Å². The van der Waals surface area contributed by atoms with Crippen molar-refractivity contribution in [3.63, 3.8) is 0 Å². The quantitative estimate of drug-likeness (QED) is 0.916. The summed E-state index contributed by atoms with van der Waals surface area (Å²) in [6, 6.07) is 9.70. The first-order valence-electron chi connectivity index (χ1n) is 7.51. The number of furan rings is 1. The molecule has 0 aliphatic carbocycles. The highest BCUT2D eigenvalue weighted by Gasteiger charge is 2.24. The topological polar surface area (TPSA) is 54.3 Å². The lowest BCUT2D eigenvalue weighted by Crippen LogP contribution is -2.48. The number of benzene rings is 1. The van der Waals surface area contributed by atoms with Gasteiger partial charge in [-0.1, -0.05) is 19.1 Å². The van der Waals surface area contributed by atoms with Crippen LogP contribution in [0.2, 0.25) is 0 Å². The van der Waals surface area contributed by atoms with Gasteiger partial charge in [0.1, 0.15) is 11.6 Å². The van der Waals surface area contributed by atoms with E-state index in [0.29, 0.717) is 17.2 Å². The second-order valence-electron chi connectivity index (χ2n) is 5.69. The largest absolute Gasteiger partial charge is 0.451 e. The molecular weight excluding hydrogens is 283 g/mol. The van der Waals surface area contributed by atoms with Crippen LogP contribution >= 0.6 is 0 Å². The van der Waals surface area contributed by atoms with E-state index in [0.717, 1.165) is 19.5 Å². The maximum Gasteiger partial charge on any atom is 0.287 e. The van der Waals surface area contributed by atoms with E-state index in [4.69, 9.17) is 4.42 Å². The Balaban J connectivity index is 1.73. The van der Waals surface area contributed by atoms with Crippen molar-refractivity contribution in [1.29, 1.82) is 0 Å². The van der Waals surface area contributed by atoms with Crippen molar-refractivity contribution in [2.75, 3.05) is 13.1 Å². The molecule has 1 fully saturated rings. The predicted octanol–water partition coefficient (Wildman–Crippen LogP) is 2.81. The van der Waals surface area contributed by atoms with E-state index in [2.05, 4.69) is 17.6 Å². The van der Waals surface area contributed by atoms with Gasteiger partial charge in [0.15, 0.2) is 5.76 Å². The van der Waals surface area contributed by atoms with Gasteiger partial charge in [0.2, 0.25) is 0 Å². The molecule has 1 aromatic heterocycles. The Kier molecular flexibility index (Phi) is 4.24. The van der Waals surface area contributed by atoms with Gasteiger partial charge in [0.25, 0.3) is 5.91 Å². The molecule has 1 saturated heterocycles.